The highest BCUT2D eigenvalue weighted by molar-refractivity contribution is 6.03. The summed E-state index contributed by atoms with van der Waals surface area (Å²) in [4.78, 5) is 11.4. The summed E-state index contributed by atoms with van der Waals surface area (Å²) in [5, 5.41) is 9.08. The van der Waals surface area contributed by atoms with Gasteiger partial charge in [0.1, 0.15) is 5.52 Å². The normalized spacial score (nSPS) is 11.6. The van der Waals surface area contributed by atoms with E-state index in [0.717, 1.165) is 16.4 Å². The van der Waals surface area contributed by atoms with Gasteiger partial charge in [0.05, 0.1) is 6.61 Å². The zero-order valence-electron chi connectivity index (χ0n) is 9.79. The number of H-pyrrole nitrogens is 1. The third-order valence-corrected chi connectivity index (χ3v) is 2.52. The van der Waals surface area contributed by atoms with Crippen LogP contribution < -0.4 is 0 Å². The van der Waals surface area contributed by atoms with Gasteiger partial charge in [-0.05, 0) is 13.0 Å². The van der Waals surface area contributed by atoms with E-state index in [1.807, 2.05) is 31.2 Å². The zero-order chi connectivity index (χ0) is 12.4. The van der Waals surface area contributed by atoms with Crippen molar-refractivity contribution in [2.24, 2.45) is 4.99 Å². The molecule has 0 atom stereocenters. The number of aliphatic imine (C=N–C) groups is 1. The lowest BCUT2D eigenvalue weighted by molar-refractivity contribution is 0.343. The van der Waals surface area contributed by atoms with Gasteiger partial charge in [0, 0.05) is 10.9 Å². The van der Waals surface area contributed by atoms with Crippen LogP contribution in [0.5, 0.6) is 0 Å². The predicted molar refractivity (Wildman–Crippen MR) is 69.0 cm³/mol. The van der Waals surface area contributed by atoms with Crippen LogP contribution in [0.15, 0.2) is 29.3 Å². The number of nitrogens with zero attached hydrogens (tertiary/aromatic N) is 4. The summed E-state index contributed by atoms with van der Waals surface area (Å²) in [6.45, 7) is 2.44. The van der Waals surface area contributed by atoms with Crippen molar-refractivity contribution in [3.05, 3.63) is 24.3 Å². The number of para-hydroxylation sites is 1. The van der Waals surface area contributed by atoms with Crippen LogP contribution in [-0.2, 0) is 4.74 Å². The van der Waals surface area contributed by atoms with Crippen LogP contribution in [0, 0.1) is 0 Å². The molecule has 2 heterocycles. The second-order valence-corrected chi connectivity index (χ2v) is 3.67. The van der Waals surface area contributed by atoms with Crippen molar-refractivity contribution in [1.82, 2.24) is 20.2 Å². The molecule has 0 aliphatic heterocycles. The lowest BCUT2D eigenvalue weighted by atomic mass is 10.2. The quantitative estimate of drug-likeness (QED) is 0.563. The van der Waals surface area contributed by atoms with E-state index in [4.69, 9.17) is 4.74 Å². The Hall–Kier alpha value is -2.50. The Morgan fingerprint density at radius 3 is 3.11 bits per heavy atom. The summed E-state index contributed by atoms with van der Waals surface area (Å²) in [7, 11) is 0. The first kappa shape index (κ1) is 10.6. The lowest BCUT2D eigenvalue weighted by Crippen LogP contribution is -1.89. The highest BCUT2D eigenvalue weighted by atomic mass is 16.5. The molecule has 0 unspecified atom stereocenters. The molecule has 3 rings (SSSR count). The van der Waals surface area contributed by atoms with E-state index < -0.39 is 0 Å². The number of hydrogen-bond donors (Lipinski definition) is 1. The Morgan fingerprint density at radius 2 is 2.22 bits per heavy atom. The molecule has 0 aliphatic rings. The Labute approximate surface area is 103 Å². The summed E-state index contributed by atoms with van der Waals surface area (Å²) < 4.78 is 5.00. The minimum atomic E-state index is 0.280. The van der Waals surface area contributed by atoms with Gasteiger partial charge in [-0.2, -0.15) is 9.98 Å². The van der Waals surface area contributed by atoms with Crippen molar-refractivity contribution in [3.8, 4) is 0 Å². The number of hydrogen-bond acceptors (Lipinski definition) is 5. The van der Waals surface area contributed by atoms with E-state index in [2.05, 4.69) is 25.2 Å². The maximum atomic E-state index is 5.00. The van der Waals surface area contributed by atoms with Crippen molar-refractivity contribution in [3.63, 3.8) is 0 Å². The molecule has 0 saturated heterocycles. The number of aromatic nitrogens is 4. The minimum absolute atomic E-state index is 0.280. The third kappa shape index (κ3) is 1.77. The van der Waals surface area contributed by atoms with Crippen LogP contribution in [0.25, 0.3) is 22.1 Å². The average molecular weight is 241 g/mol. The molecular weight excluding hydrogens is 230 g/mol. The van der Waals surface area contributed by atoms with Gasteiger partial charge in [0.25, 0.3) is 5.95 Å². The SMILES string of the molecule is CCOC=Nc1nnc2c(n1)[nH]c1ccccc12. The van der Waals surface area contributed by atoms with Gasteiger partial charge in [0.15, 0.2) is 12.0 Å². The smallest absolute Gasteiger partial charge is 0.273 e. The summed E-state index contributed by atoms with van der Waals surface area (Å²) in [5.41, 5.74) is 2.41. The highest BCUT2D eigenvalue weighted by Crippen LogP contribution is 2.22. The van der Waals surface area contributed by atoms with E-state index >= 15 is 0 Å². The number of ether oxygens (including phenoxy) is 1. The largest absolute Gasteiger partial charge is 0.483 e. The molecule has 6 heteroatoms. The Balaban J connectivity index is 2.09. The van der Waals surface area contributed by atoms with Crippen molar-refractivity contribution in [2.75, 3.05) is 6.61 Å². The van der Waals surface area contributed by atoms with Crippen LogP contribution in [0.2, 0.25) is 0 Å². The molecule has 1 aromatic carbocycles. The van der Waals surface area contributed by atoms with Crippen LogP contribution in [0.1, 0.15) is 6.92 Å². The van der Waals surface area contributed by atoms with Gasteiger partial charge in [-0.15, -0.1) is 10.2 Å². The van der Waals surface area contributed by atoms with E-state index in [9.17, 15) is 0 Å². The second-order valence-electron chi connectivity index (χ2n) is 3.67. The average Bonchev–Trinajstić information content (AvgIpc) is 2.76. The summed E-state index contributed by atoms with van der Waals surface area (Å²) in [6.07, 6.45) is 1.32. The maximum Gasteiger partial charge on any atom is 0.273 e. The van der Waals surface area contributed by atoms with Gasteiger partial charge >= 0.3 is 0 Å². The van der Waals surface area contributed by atoms with Crippen molar-refractivity contribution < 1.29 is 4.74 Å². The molecule has 90 valence electrons. The van der Waals surface area contributed by atoms with Crippen molar-refractivity contribution >= 4 is 34.4 Å². The Morgan fingerprint density at radius 1 is 1.33 bits per heavy atom. The molecule has 1 N–H and O–H groups in total. The molecule has 0 fully saturated rings. The molecule has 18 heavy (non-hydrogen) atoms. The fraction of sp³-hybridized carbons (Fsp3) is 0.167. The number of fused-ring (bicyclic) bond motifs is 3. The maximum absolute atomic E-state index is 5.00. The van der Waals surface area contributed by atoms with Gasteiger partial charge < -0.3 is 9.72 Å². The van der Waals surface area contributed by atoms with Crippen molar-refractivity contribution in [1.29, 1.82) is 0 Å². The summed E-state index contributed by atoms with van der Waals surface area (Å²) in [5.74, 6) is 0.280. The fourth-order valence-electron chi connectivity index (χ4n) is 1.73. The zero-order valence-corrected chi connectivity index (χ0v) is 9.79. The number of benzene rings is 1. The monoisotopic (exact) mass is 241 g/mol. The molecular formula is C12H11N5O. The van der Waals surface area contributed by atoms with Gasteiger partial charge in [0.2, 0.25) is 0 Å². The molecule has 0 bridgehead atoms. The highest BCUT2D eigenvalue weighted by Gasteiger charge is 2.07. The minimum Gasteiger partial charge on any atom is -0.483 e. The van der Waals surface area contributed by atoms with Gasteiger partial charge in [-0.3, -0.25) is 0 Å². The van der Waals surface area contributed by atoms with Crippen LogP contribution in [0.4, 0.5) is 5.95 Å². The number of rotatable bonds is 3. The first-order valence-electron chi connectivity index (χ1n) is 5.64. The molecule has 6 nitrogen and oxygen atoms in total. The standard InChI is InChI=1S/C12H11N5O/c1-2-18-7-13-12-15-11-10(16-17-12)8-5-3-4-6-9(8)14-11/h3-7H,2H2,1H3,(H,14,15,17). The number of nitrogens with one attached hydrogen (secondary N) is 1. The molecule has 3 aromatic rings. The topological polar surface area (TPSA) is 76.1 Å². The lowest BCUT2D eigenvalue weighted by Gasteiger charge is -1.92. The first-order valence-corrected chi connectivity index (χ1v) is 5.64. The van der Waals surface area contributed by atoms with Crippen LogP contribution >= 0.6 is 0 Å². The van der Waals surface area contributed by atoms with E-state index in [1.54, 1.807) is 0 Å². The number of aromatic amines is 1. The Kier molecular flexibility index (Phi) is 2.60. The fourth-order valence-corrected chi connectivity index (χ4v) is 1.73. The van der Waals surface area contributed by atoms with E-state index in [-0.39, 0.29) is 5.95 Å². The van der Waals surface area contributed by atoms with Crippen LogP contribution in [0.3, 0.4) is 0 Å². The summed E-state index contributed by atoms with van der Waals surface area (Å²) >= 11 is 0. The predicted octanol–water partition coefficient (Wildman–Crippen LogP) is 2.20. The Bertz CT molecular complexity index is 719. The molecule has 0 spiro atoms. The molecule has 0 radical (unpaired) electrons. The molecule has 0 amide bonds. The van der Waals surface area contributed by atoms with Crippen LogP contribution in [-0.4, -0.2) is 33.2 Å². The third-order valence-electron chi connectivity index (χ3n) is 2.52. The van der Waals surface area contributed by atoms with E-state index in [1.165, 1.54) is 6.40 Å². The molecule has 0 aliphatic carbocycles. The second kappa shape index (κ2) is 4.40. The van der Waals surface area contributed by atoms with Crippen molar-refractivity contribution in [2.45, 2.75) is 6.92 Å². The summed E-state index contributed by atoms with van der Waals surface area (Å²) in [6, 6.07) is 7.87. The molecule has 0 saturated carbocycles. The van der Waals surface area contributed by atoms with Gasteiger partial charge in [-0.1, -0.05) is 18.2 Å². The van der Waals surface area contributed by atoms with E-state index in [0.29, 0.717) is 12.3 Å². The molecule has 2 aromatic heterocycles. The van der Waals surface area contributed by atoms with Gasteiger partial charge in [-0.25, -0.2) is 0 Å². The first-order chi connectivity index (χ1) is 8.88.